The molecular weight excluding hydrogens is 524 g/mol. The number of carboxylic acids is 1. The summed E-state index contributed by atoms with van der Waals surface area (Å²) in [6.07, 6.45) is 2.82. The number of rotatable bonds is 7. The maximum Gasteiger partial charge on any atom is 0.410 e. The van der Waals surface area contributed by atoms with E-state index in [9.17, 15) is 19.5 Å². The normalized spacial score (nSPS) is 18.2. The molecule has 216 valence electrons. The number of benzene rings is 2. The quantitative estimate of drug-likeness (QED) is 0.336. The second-order valence-electron chi connectivity index (χ2n) is 11.6. The maximum atomic E-state index is 13.7. The van der Waals surface area contributed by atoms with Crippen LogP contribution in [0.3, 0.4) is 0 Å². The number of nitrogens with one attached hydrogen (secondary N) is 1. The highest BCUT2D eigenvalue weighted by Gasteiger charge is 2.35. The largest absolute Gasteiger partial charge is 0.478 e. The van der Waals surface area contributed by atoms with Crippen molar-refractivity contribution >= 4 is 18.2 Å². The van der Waals surface area contributed by atoms with Gasteiger partial charge in [0.05, 0.1) is 12.8 Å². The molecule has 3 aromatic rings. The lowest BCUT2D eigenvalue weighted by molar-refractivity contribution is 0.0449. The molecule has 0 atom stereocenters. The van der Waals surface area contributed by atoms with Crippen LogP contribution in [0, 0.1) is 0 Å². The molecule has 0 bridgehead atoms. The molecule has 5 rings (SSSR count). The fraction of sp³-hybridized carbons (Fsp3) is 0.406. The fourth-order valence-corrected chi connectivity index (χ4v) is 5.83. The highest BCUT2D eigenvalue weighted by molar-refractivity contribution is 5.88. The number of alkyl carbamates (subject to hydrolysis) is 1. The van der Waals surface area contributed by atoms with Crippen LogP contribution in [-0.2, 0) is 16.0 Å². The van der Waals surface area contributed by atoms with E-state index in [0.717, 1.165) is 22.3 Å². The summed E-state index contributed by atoms with van der Waals surface area (Å²) in [6.45, 7) is 5.57. The Morgan fingerprint density at radius 1 is 0.951 bits per heavy atom. The third kappa shape index (κ3) is 6.39. The van der Waals surface area contributed by atoms with Gasteiger partial charge in [0.1, 0.15) is 23.5 Å². The Morgan fingerprint density at radius 3 is 2.15 bits per heavy atom. The van der Waals surface area contributed by atoms with Crippen molar-refractivity contribution in [3.63, 3.8) is 0 Å². The lowest BCUT2D eigenvalue weighted by Crippen LogP contribution is -2.47. The number of hydrogen-bond donors (Lipinski definition) is 2. The topological polar surface area (TPSA) is 118 Å². The maximum absolute atomic E-state index is 13.7. The molecule has 41 heavy (non-hydrogen) atoms. The van der Waals surface area contributed by atoms with Crippen molar-refractivity contribution in [1.82, 2.24) is 10.2 Å². The van der Waals surface area contributed by atoms with E-state index in [-0.39, 0.29) is 42.5 Å². The number of aromatic carboxylic acids is 1. The summed E-state index contributed by atoms with van der Waals surface area (Å²) in [5, 5.41) is 12.5. The van der Waals surface area contributed by atoms with Crippen LogP contribution in [0.5, 0.6) is 0 Å². The standard InChI is InChI=1S/C32H36N2O7/c1-32(2,3)41-30(37)33-20-12-14-21(15-13-20)34(18-28-26(29(35)36)16-17-39-28)31(38)40-19-27-24-10-6-4-8-22(24)23-9-5-7-11-25(23)27/h4-11,16-17,20-21,27H,12-15,18-19H2,1-3H3,(H,33,37)(H,35,36). The summed E-state index contributed by atoms with van der Waals surface area (Å²) in [5.41, 5.74) is 3.92. The SMILES string of the molecule is CC(C)(C)OC(=O)NC1CCC(N(Cc2occc2C(=O)O)C(=O)OCC2c3ccccc3-c3ccccc32)CC1. The molecule has 2 aliphatic carbocycles. The zero-order valence-electron chi connectivity index (χ0n) is 23.6. The molecule has 1 aromatic heterocycles. The van der Waals surface area contributed by atoms with Gasteiger partial charge in [0.15, 0.2) is 0 Å². The fourth-order valence-electron chi connectivity index (χ4n) is 5.83. The van der Waals surface area contributed by atoms with Gasteiger partial charge in [-0.15, -0.1) is 0 Å². The minimum Gasteiger partial charge on any atom is -0.478 e. The van der Waals surface area contributed by atoms with Gasteiger partial charge in [-0.3, -0.25) is 4.90 Å². The molecule has 0 aliphatic heterocycles. The molecule has 2 amide bonds. The van der Waals surface area contributed by atoms with Crippen LogP contribution in [0.4, 0.5) is 9.59 Å². The van der Waals surface area contributed by atoms with Gasteiger partial charge in [0, 0.05) is 18.0 Å². The molecule has 2 aliphatic rings. The second kappa shape index (κ2) is 11.7. The number of ether oxygens (including phenoxy) is 2. The van der Waals surface area contributed by atoms with E-state index < -0.39 is 23.8 Å². The molecule has 2 N–H and O–H groups in total. The van der Waals surface area contributed by atoms with E-state index in [1.807, 2.05) is 45.0 Å². The summed E-state index contributed by atoms with van der Waals surface area (Å²) >= 11 is 0. The summed E-state index contributed by atoms with van der Waals surface area (Å²) < 4.78 is 16.8. The van der Waals surface area contributed by atoms with Gasteiger partial charge in [-0.05, 0) is 74.8 Å². The zero-order valence-corrected chi connectivity index (χ0v) is 23.6. The predicted octanol–water partition coefficient (Wildman–Crippen LogP) is 6.56. The van der Waals surface area contributed by atoms with Crippen molar-refractivity contribution in [3.8, 4) is 11.1 Å². The van der Waals surface area contributed by atoms with Gasteiger partial charge in [0.25, 0.3) is 0 Å². The van der Waals surface area contributed by atoms with Crippen molar-refractivity contribution in [2.45, 2.75) is 76.6 Å². The van der Waals surface area contributed by atoms with Crippen molar-refractivity contribution in [2.24, 2.45) is 0 Å². The summed E-state index contributed by atoms with van der Waals surface area (Å²) in [7, 11) is 0. The first-order valence-corrected chi connectivity index (χ1v) is 14.0. The summed E-state index contributed by atoms with van der Waals surface area (Å²) in [4.78, 5) is 39.2. The highest BCUT2D eigenvalue weighted by atomic mass is 16.6. The molecule has 9 nitrogen and oxygen atoms in total. The van der Waals surface area contributed by atoms with Crippen molar-refractivity contribution in [3.05, 3.63) is 83.3 Å². The van der Waals surface area contributed by atoms with Crippen LogP contribution in [0.25, 0.3) is 11.1 Å². The Balaban J connectivity index is 1.30. The first-order valence-electron chi connectivity index (χ1n) is 14.0. The zero-order chi connectivity index (χ0) is 29.1. The Hall–Kier alpha value is -4.27. The number of fused-ring (bicyclic) bond motifs is 3. The van der Waals surface area contributed by atoms with Crippen LogP contribution >= 0.6 is 0 Å². The molecule has 0 saturated heterocycles. The first-order chi connectivity index (χ1) is 19.6. The number of nitrogens with zero attached hydrogens (tertiary/aromatic N) is 1. The molecule has 1 saturated carbocycles. The highest BCUT2D eigenvalue weighted by Crippen LogP contribution is 2.44. The second-order valence-corrected chi connectivity index (χ2v) is 11.6. The van der Waals surface area contributed by atoms with Crippen molar-refractivity contribution in [1.29, 1.82) is 0 Å². The van der Waals surface area contributed by atoms with Crippen LogP contribution in [0.15, 0.2) is 65.3 Å². The molecule has 1 heterocycles. The number of amides is 2. The van der Waals surface area contributed by atoms with Gasteiger partial charge in [-0.1, -0.05) is 48.5 Å². The van der Waals surface area contributed by atoms with Crippen LogP contribution in [0.1, 0.15) is 79.6 Å². The number of furan rings is 1. The van der Waals surface area contributed by atoms with Crippen molar-refractivity contribution in [2.75, 3.05) is 6.61 Å². The number of carbonyl (C=O) groups excluding carboxylic acids is 2. The molecule has 9 heteroatoms. The summed E-state index contributed by atoms with van der Waals surface area (Å²) in [6, 6.07) is 17.4. The Morgan fingerprint density at radius 2 is 1.56 bits per heavy atom. The van der Waals surface area contributed by atoms with Crippen LogP contribution in [0.2, 0.25) is 0 Å². The van der Waals surface area contributed by atoms with E-state index in [0.29, 0.717) is 25.7 Å². The average molecular weight is 561 g/mol. The Kier molecular flexibility index (Phi) is 8.06. The molecule has 2 aromatic carbocycles. The lowest BCUT2D eigenvalue weighted by Gasteiger charge is -2.36. The van der Waals surface area contributed by atoms with E-state index >= 15 is 0 Å². The molecular formula is C32H36N2O7. The van der Waals surface area contributed by atoms with E-state index in [1.54, 1.807) is 4.90 Å². The Bertz CT molecular complexity index is 1370. The van der Waals surface area contributed by atoms with Gasteiger partial charge in [-0.25, -0.2) is 14.4 Å². The number of hydrogen-bond acceptors (Lipinski definition) is 6. The van der Waals surface area contributed by atoms with Gasteiger partial charge in [-0.2, -0.15) is 0 Å². The Labute approximate surface area is 239 Å². The average Bonchev–Trinajstić information content (AvgIpc) is 3.53. The molecule has 0 unspecified atom stereocenters. The lowest BCUT2D eigenvalue weighted by atomic mass is 9.90. The van der Waals surface area contributed by atoms with E-state index in [4.69, 9.17) is 13.9 Å². The first kappa shape index (κ1) is 28.3. The smallest absolute Gasteiger partial charge is 0.410 e. The molecule has 1 fully saturated rings. The third-order valence-corrected chi connectivity index (χ3v) is 7.72. The monoisotopic (exact) mass is 560 g/mol. The van der Waals surface area contributed by atoms with Crippen LogP contribution in [-0.4, -0.2) is 52.5 Å². The number of carbonyl (C=O) groups is 3. The van der Waals surface area contributed by atoms with Gasteiger partial charge < -0.3 is 24.3 Å². The number of carboxylic acid groups (broad SMARTS) is 1. The third-order valence-electron chi connectivity index (χ3n) is 7.72. The van der Waals surface area contributed by atoms with Gasteiger partial charge in [0.2, 0.25) is 0 Å². The minimum absolute atomic E-state index is 0.0155. The van der Waals surface area contributed by atoms with E-state index in [2.05, 4.69) is 29.6 Å². The van der Waals surface area contributed by atoms with Gasteiger partial charge >= 0.3 is 18.2 Å². The molecule has 0 radical (unpaired) electrons. The molecule has 0 spiro atoms. The van der Waals surface area contributed by atoms with Crippen LogP contribution < -0.4 is 5.32 Å². The summed E-state index contributed by atoms with van der Waals surface area (Å²) in [5.74, 6) is -1.02. The van der Waals surface area contributed by atoms with Crippen molar-refractivity contribution < 1.29 is 33.4 Å². The predicted molar refractivity (Wildman–Crippen MR) is 152 cm³/mol. The minimum atomic E-state index is -1.12. The van der Waals surface area contributed by atoms with E-state index in [1.165, 1.54) is 12.3 Å².